The molecule has 0 aliphatic heterocycles. The van der Waals surface area contributed by atoms with Gasteiger partial charge < -0.3 is 15.0 Å². The van der Waals surface area contributed by atoms with Crippen LogP contribution in [-0.4, -0.2) is 35.9 Å². The van der Waals surface area contributed by atoms with Crippen molar-refractivity contribution in [3.05, 3.63) is 62.0 Å². The highest BCUT2D eigenvalue weighted by Crippen LogP contribution is 2.26. The van der Waals surface area contributed by atoms with Crippen molar-refractivity contribution in [2.75, 3.05) is 13.2 Å². The molecule has 30 heavy (non-hydrogen) atoms. The predicted molar refractivity (Wildman–Crippen MR) is 127 cm³/mol. The van der Waals surface area contributed by atoms with Gasteiger partial charge in [0.25, 0.3) is 5.91 Å². The van der Waals surface area contributed by atoms with Crippen molar-refractivity contribution in [3.63, 3.8) is 0 Å². The van der Waals surface area contributed by atoms with E-state index < -0.39 is 6.04 Å². The molecule has 0 bridgehead atoms. The molecule has 0 heterocycles. The highest BCUT2D eigenvalue weighted by molar-refractivity contribution is 9.10. The summed E-state index contributed by atoms with van der Waals surface area (Å²) in [5, 5.41) is 2.87. The predicted octanol–water partition coefficient (Wildman–Crippen LogP) is 5.15. The maximum atomic E-state index is 13.1. The molecule has 0 unspecified atom stereocenters. The van der Waals surface area contributed by atoms with Gasteiger partial charge in [-0.25, -0.2) is 0 Å². The largest absolute Gasteiger partial charge is 0.484 e. The fraction of sp³-hybridized carbons (Fsp3) is 0.391. The summed E-state index contributed by atoms with van der Waals surface area (Å²) < 4.78 is 7.74. The number of halogens is 2. The second-order valence-corrected chi connectivity index (χ2v) is 8.99. The Morgan fingerprint density at radius 3 is 2.40 bits per heavy atom. The summed E-state index contributed by atoms with van der Waals surface area (Å²) in [6, 6.07) is 10.9. The molecule has 2 amide bonds. The van der Waals surface area contributed by atoms with E-state index in [0.29, 0.717) is 18.8 Å². The van der Waals surface area contributed by atoms with E-state index in [4.69, 9.17) is 4.74 Å². The minimum Gasteiger partial charge on any atom is -0.484 e. The van der Waals surface area contributed by atoms with Gasteiger partial charge in [-0.2, -0.15) is 0 Å². The van der Waals surface area contributed by atoms with E-state index in [1.165, 1.54) is 0 Å². The number of carbonyl (C=O) groups excluding carboxylic acids is 2. The zero-order chi connectivity index (χ0) is 22.3. The Morgan fingerprint density at radius 1 is 1.13 bits per heavy atom. The Kier molecular flexibility index (Phi) is 9.37. The van der Waals surface area contributed by atoms with Crippen LogP contribution >= 0.6 is 31.9 Å². The number of carbonyl (C=O) groups is 2. The van der Waals surface area contributed by atoms with Crippen LogP contribution in [0.4, 0.5) is 0 Å². The molecule has 2 rings (SSSR count). The molecule has 0 aliphatic carbocycles. The third-order valence-corrected chi connectivity index (χ3v) is 6.47. The zero-order valence-corrected chi connectivity index (χ0v) is 21.0. The molecule has 0 saturated carbocycles. The number of nitrogens with zero attached hydrogens (tertiary/aromatic N) is 1. The van der Waals surface area contributed by atoms with Crippen molar-refractivity contribution in [3.8, 4) is 5.75 Å². The SMILES string of the molecule is CCCNC(=O)[C@@H](C)N(Cc1cccc(Br)c1)C(=O)COc1cc(C)c(Br)c(C)c1. The van der Waals surface area contributed by atoms with E-state index in [2.05, 4.69) is 37.2 Å². The monoisotopic (exact) mass is 538 g/mol. The smallest absolute Gasteiger partial charge is 0.261 e. The van der Waals surface area contributed by atoms with Crippen LogP contribution in [0, 0.1) is 13.8 Å². The average molecular weight is 540 g/mol. The van der Waals surface area contributed by atoms with Gasteiger partial charge in [0.05, 0.1) is 0 Å². The molecule has 162 valence electrons. The lowest BCUT2D eigenvalue weighted by Crippen LogP contribution is -2.49. The van der Waals surface area contributed by atoms with Gasteiger partial charge in [-0.15, -0.1) is 0 Å². The second-order valence-electron chi connectivity index (χ2n) is 7.28. The third-order valence-electron chi connectivity index (χ3n) is 4.73. The molecular weight excluding hydrogens is 512 g/mol. The van der Waals surface area contributed by atoms with Crippen molar-refractivity contribution < 1.29 is 14.3 Å². The molecule has 2 aromatic carbocycles. The van der Waals surface area contributed by atoms with Crippen molar-refractivity contribution >= 4 is 43.7 Å². The minimum atomic E-state index is -0.611. The molecule has 1 N–H and O–H groups in total. The summed E-state index contributed by atoms with van der Waals surface area (Å²) >= 11 is 6.99. The van der Waals surface area contributed by atoms with Crippen molar-refractivity contribution in [1.82, 2.24) is 10.2 Å². The zero-order valence-electron chi connectivity index (χ0n) is 17.8. The van der Waals surface area contributed by atoms with Crippen LogP contribution in [0.2, 0.25) is 0 Å². The number of nitrogens with one attached hydrogen (secondary N) is 1. The fourth-order valence-electron chi connectivity index (χ4n) is 3.03. The van der Waals surface area contributed by atoms with E-state index in [-0.39, 0.29) is 18.4 Å². The molecule has 0 spiro atoms. The highest BCUT2D eigenvalue weighted by Gasteiger charge is 2.26. The number of ether oxygens (including phenoxy) is 1. The van der Waals surface area contributed by atoms with Crippen molar-refractivity contribution in [2.45, 2.75) is 46.7 Å². The summed E-state index contributed by atoms with van der Waals surface area (Å²) in [5.74, 6) is 0.218. The van der Waals surface area contributed by atoms with Gasteiger partial charge in [0.15, 0.2) is 6.61 Å². The lowest BCUT2D eigenvalue weighted by atomic mass is 10.1. The van der Waals surface area contributed by atoms with Crippen LogP contribution in [-0.2, 0) is 16.1 Å². The van der Waals surface area contributed by atoms with Gasteiger partial charge in [0.1, 0.15) is 11.8 Å². The van der Waals surface area contributed by atoms with Gasteiger partial charge in [-0.1, -0.05) is 50.9 Å². The first-order valence-corrected chi connectivity index (χ1v) is 11.5. The molecule has 1 atom stereocenters. The topological polar surface area (TPSA) is 58.6 Å². The molecule has 0 radical (unpaired) electrons. The van der Waals surface area contributed by atoms with E-state index in [0.717, 1.165) is 32.1 Å². The van der Waals surface area contributed by atoms with Gasteiger partial charge >= 0.3 is 0 Å². The summed E-state index contributed by atoms with van der Waals surface area (Å²) in [5.41, 5.74) is 3.01. The van der Waals surface area contributed by atoms with Crippen molar-refractivity contribution in [2.24, 2.45) is 0 Å². The molecule has 5 nitrogen and oxygen atoms in total. The number of aryl methyl sites for hydroxylation is 2. The van der Waals surface area contributed by atoms with E-state index >= 15 is 0 Å². The first-order valence-electron chi connectivity index (χ1n) is 9.94. The van der Waals surface area contributed by atoms with E-state index in [1.54, 1.807) is 11.8 Å². The Balaban J connectivity index is 2.17. The summed E-state index contributed by atoms with van der Waals surface area (Å²) in [6.07, 6.45) is 0.837. The Bertz CT molecular complexity index is 879. The van der Waals surface area contributed by atoms with Gasteiger partial charge in [-0.05, 0) is 68.1 Å². The van der Waals surface area contributed by atoms with Crippen LogP contribution < -0.4 is 10.1 Å². The summed E-state index contributed by atoms with van der Waals surface area (Å²) in [7, 11) is 0. The average Bonchev–Trinajstić information content (AvgIpc) is 2.71. The maximum absolute atomic E-state index is 13.1. The Labute approximate surface area is 195 Å². The van der Waals surface area contributed by atoms with Crippen molar-refractivity contribution in [1.29, 1.82) is 0 Å². The highest BCUT2D eigenvalue weighted by atomic mass is 79.9. The number of amides is 2. The van der Waals surface area contributed by atoms with Crippen LogP contribution in [0.3, 0.4) is 0 Å². The lowest BCUT2D eigenvalue weighted by molar-refractivity contribution is -0.142. The van der Waals surface area contributed by atoms with Crippen LogP contribution in [0.1, 0.15) is 37.0 Å². The molecule has 0 saturated heterocycles. The van der Waals surface area contributed by atoms with Crippen LogP contribution in [0.5, 0.6) is 5.75 Å². The van der Waals surface area contributed by atoms with Gasteiger partial charge in [0.2, 0.25) is 5.91 Å². The molecule has 0 aromatic heterocycles. The molecule has 0 aliphatic rings. The van der Waals surface area contributed by atoms with E-state index in [1.807, 2.05) is 57.2 Å². The normalized spacial score (nSPS) is 11.7. The number of hydrogen-bond acceptors (Lipinski definition) is 3. The lowest BCUT2D eigenvalue weighted by Gasteiger charge is -2.29. The van der Waals surface area contributed by atoms with E-state index in [9.17, 15) is 9.59 Å². The molecule has 2 aromatic rings. The number of benzene rings is 2. The quantitative estimate of drug-likeness (QED) is 0.479. The standard InChI is InChI=1S/C23H28Br2N2O3/c1-5-9-26-23(29)17(4)27(13-18-7-6-8-19(24)12-18)21(28)14-30-20-10-15(2)22(25)16(3)11-20/h6-8,10-12,17H,5,9,13-14H2,1-4H3,(H,26,29)/t17-/m1/s1. The first kappa shape index (κ1) is 24.4. The van der Waals surface area contributed by atoms with Crippen LogP contribution in [0.25, 0.3) is 0 Å². The summed E-state index contributed by atoms with van der Waals surface area (Å²) in [4.78, 5) is 27.2. The maximum Gasteiger partial charge on any atom is 0.261 e. The van der Waals surface area contributed by atoms with Gasteiger partial charge in [-0.3, -0.25) is 9.59 Å². The summed E-state index contributed by atoms with van der Waals surface area (Å²) in [6.45, 7) is 8.45. The number of rotatable bonds is 9. The third kappa shape index (κ3) is 6.84. The Morgan fingerprint density at radius 2 is 1.80 bits per heavy atom. The first-order chi connectivity index (χ1) is 14.2. The molecular formula is C23H28Br2N2O3. The second kappa shape index (κ2) is 11.5. The number of hydrogen-bond donors (Lipinski definition) is 1. The fourth-order valence-corrected chi connectivity index (χ4v) is 3.70. The Hall–Kier alpha value is -1.86. The van der Waals surface area contributed by atoms with Crippen LogP contribution in [0.15, 0.2) is 45.3 Å². The molecule has 0 fully saturated rings. The minimum absolute atomic E-state index is 0.139. The molecule has 7 heteroatoms. The van der Waals surface area contributed by atoms with Gasteiger partial charge in [0, 0.05) is 22.0 Å².